The fraction of sp³-hybridized carbons (Fsp3) is 0.533. The van der Waals surface area contributed by atoms with Crippen LogP contribution in [-0.4, -0.2) is 42.1 Å². The van der Waals surface area contributed by atoms with Crippen molar-refractivity contribution in [2.24, 2.45) is 0 Å². The van der Waals surface area contributed by atoms with Gasteiger partial charge in [0.2, 0.25) is 0 Å². The van der Waals surface area contributed by atoms with Gasteiger partial charge in [0.1, 0.15) is 10.6 Å². The van der Waals surface area contributed by atoms with Crippen molar-refractivity contribution in [2.45, 2.75) is 25.8 Å². The summed E-state index contributed by atoms with van der Waals surface area (Å²) in [5.74, 6) is 1.16. The molecule has 0 saturated carbocycles. The number of hydrogen-bond acceptors (Lipinski definition) is 4. The summed E-state index contributed by atoms with van der Waals surface area (Å²) in [6.07, 6.45) is 2.68. The minimum Gasteiger partial charge on any atom is -0.355 e. The molecule has 2 aromatic heterocycles. The molecule has 2 saturated heterocycles. The Labute approximate surface area is 117 Å². The molecule has 19 heavy (non-hydrogen) atoms. The molecular weight excluding hydrogens is 254 g/mol. The van der Waals surface area contributed by atoms with Gasteiger partial charge in [-0.15, -0.1) is 11.3 Å². The SMILES string of the molecule is Cc1cc2ccc(N3CCC(N4CCC4)C3)nc2s1. The van der Waals surface area contributed by atoms with Crippen LogP contribution in [0.2, 0.25) is 0 Å². The Morgan fingerprint density at radius 2 is 2.16 bits per heavy atom. The van der Waals surface area contributed by atoms with Gasteiger partial charge in [0, 0.05) is 29.4 Å². The molecule has 3 nitrogen and oxygen atoms in total. The first kappa shape index (κ1) is 11.7. The Hall–Kier alpha value is -1.13. The van der Waals surface area contributed by atoms with Crippen molar-refractivity contribution in [2.75, 3.05) is 31.1 Å². The van der Waals surface area contributed by atoms with E-state index in [-0.39, 0.29) is 0 Å². The Bertz CT molecular complexity index is 602. The lowest BCUT2D eigenvalue weighted by atomic mass is 10.1. The molecule has 0 N–H and O–H groups in total. The monoisotopic (exact) mass is 273 g/mol. The minimum absolute atomic E-state index is 0.760. The van der Waals surface area contributed by atoms with Gasteiger partial charge >= 0.3 is 0 Å². The van der Waals surface area contributed by atoms with E-state index in [1.165, 1.54) is 41.0 Å². The number of pyridine rings is 1. The number of nitrogens with zero attached hydrogens (tertiary/aromatic N) is 3. The summed E-state index contributed by atoms with van der Waals surface area (Å²) in [6, 6.07) is 7.39. The number of thiophene rings is 1. The van der Waals surface area contributed by atoms with Gasteiger partial charge in [-0.3, -0.25) is 4.90 Å². The van der Waals surface area contributed by atoms with E-state index < -0.39 is 0 Å². The predicted octanol–water partition coefficient (Wildman–Crippen LogP) is 2.89. The minimum atomic E-state index is 0.760. The van der Waals surface area contributed by atoms with Crippen LogP contribution in [0.4, 0.5) is 5.82 Å². The first-order valence-electron chi connectivity index (χ1n) is 7.16. The van der Waals surface area contributed by atoms with Crippen LogP contribution in [0.3, 0.4) is 0 Å². The first-order chi connectivity index (χ1) is 9.29. The summed E-state index contributed by atoms with van der Waals surface area (Å²) in [4.78, 5) is 12.4. The highest BCUT2D eigenvalue weighted by Crippen LogP contribution is 2.29. The zero-order chi connectivity index (χ0) is 12.8. The van der Waals surface area contributed by atoms with Gasteiger partial charge in [0.15, 0.2) is 0 Å². The molecule has 2 aliphatic heterocycles. The zero-order valence-electron chi connectivity index (χ0n) is 11.3. The highest BCUT2D eigenvalue weighted by Gasteiger charge is 2.31. The van der Waals surface area contributed by atoms with Crippen LogP contribution in [0.15, 0.2) is 18.2 Å². The van der Waals surface area contributed by atoms with Gasteiger partial charge < -0.3 is 4.90 Å². The van der Waals surface area contributed by atoms with Crippen molar-refractivity contribution in [3.05, 3.63) is 23.1 Å². The van der Waals surface area contributed by atoms with Gasteiger partial charge in [-0.1, -0.05) is 0 Å². The largest absolute Gasteiger partial charge is 0.355 e. The second-order valence-corrected chi connectivity index (χ2v) is 6.93. The van der Waals surface area contributed by atoms with Crippen molar-refractivity contribution >= 4 is 27.4 Å². The van der Waals surface area contributed by atoms with Gasteiger partial charge in [-0.25, -0.2) is 4.98 Å². The number of anilines is 1. The Balaban J connectivity index is 1.56. The average molecular weight is 273 g/mol. The Morgan fingerprint density at radius 3 is 2.95 bits per heavy atom. The van der Waals surface area contributed by atoms with Crippen molar-refractivity contribution in [1.29, 1.82) is 0 Å². The molecule has 0 spiro atoms. The number of aromatic nitrogens is 1. The van der Waals surface area contributed by atoms with Crippen molar-refractivity contribution < 1.29 is 0 Å². The van der Waals surface area contributed by atoms with E-state index in [9.17, 15) is 0 Å². The molecule has 0 radical (unpaired) electrons. The summed E-state index contributed by atoms with van der Waals surface area (Å²) in [7, 11) is 0. The van der Waals surface area contributed by atoms with Crippen LogP contribution in [0.5, 0.6) is 0 Å². The molecule has 1 unspecified atom stereocenters. The smallest absolute Gasteiger partial charge is 0.130 e. The highest BCUT2D eigenvalue weighted by molar-refractivity contribution is 7.18. The van der Waals surface area contributed by atoms with E-state index in [4.69, 9.17) is 4.98 Å². The number of fused-ring (bicyclic) bond motifs is 1. The summed E-state index contributed by atoms with van der Waals surface area (Å²) >= 11 is 1.80. The van der Waals surface area contributed by atoms with Gasteiger partial charge in [0.05, 0.1) is 0 Å². The molecule has 0 amide bonds. The molecular formula is C15H19N3S. The maximum absolute atomic E-state index is 4.84. The lowest BCUT2D eigenvalue weighted by molar-refractivity contribution is 0.129. The number of likely N-dealkylation sites (tertiary alicyclic amines) is 1. The number of rotatable bonds is 2. The third kappa shape index (κ3) is 2.03. The first-order valence-corrected chi connectivity index (χ1v) is 7.97. The maximum Gasteiger partial charge on any atom is 0.130 e. The van der Waals surface area contributed by atoms with E-state index in [0.717, 1.165) is 24.9 Å². The zero-order valence-corrected chi connectivity index (χ0v) is 12.1. The Morgan fingerprint density at radius 1 is 1.26 bits per heavy atom. The predicted molar refractivity (Wildman–Crippen MR) is 81.2 cm³/mol. The summed E-state index contributed by atoms with van der Waals surface area (Å²) < 4.78 is 0. The maximum atomic E-state index is 4.84. The van der Waals surface area contributed by atoms with Crippen LogP contribution in [-0.2, 0) is 0 Å². The van der Waals surface area contributed by atoms with E-state index >= 15 is 0 Å². The van der Waals surface area contributed by atoms with E-state index in [1.807, 2.05) is 0 Å². The molecule has 100 valence electrons. The molecule has 4 heterocycles. The van der Waals surface area contributed by atoms with Crippen molar-refractivity contribution in [3.63, 3.8) is 0 Å². The van der Waals surface area contributed by atoms with Crippen LogP contribution in [0.25, 0.3) is 10.2 Å². The van der Waals surface area contributed by atoms with Crippen LogP contribution >= 0.6 is 11.3 Å². The summed E-state index contributed by atoms with van der Waals surface area (Å²) in [5, 5.41) is 1.28. The Kier molecular flexibility index (Phi) is 2.74. The molecule has 2 aliphatic rings. The van der Waals surface area contributed by atoms with Crippen molar-refractivity contribution in [1.82, 2.24) is 9.88 Å². The molecule has 0 bridgehead atoms. The molecule has 1 atom stereocenters. The third-order valence-corrected chi connectivity index (χ3v) is 5.35. The summed E-state index contributed by atoms with van der Waals surface area (Å²) in [6.45, 7) is 7.07. The molecule has 2 aromatic rings. The lowest BCUT2D eigenvalue weighted by Crippen LogP contribution is -2.46. The highest BCUT2D eigenvalue weighted by atomic mass is 32.1. The second kappa shape index (κ2) is 4.46. The van der Waals surface area contributed by atoms with Crippen LogP contribution in [0, 0.1) is 6.92 Å². The second-order valence-electron chi connectivity index (χ2n) is 5.70. The lowest BCUT2D eigenvalue weighted by Gasteiger charge is -2.36. The standard InChI is InChI=1S/C15H19N3S/c1-11-9-12-3-4-14(16-15(12)19-11)18-8-5-13(10-18)17-6-2-7-17/h3-4,9,13H,2,5-8,10H2,1H3. The summed E-state index contributed by atoms with van der Waals surface area (Å²) in [5.41, 5.74) is 0. The normalized spacial score (nSPS) is 24.1. The van der Waals surface area contributed by atoms with Gasteiger partial charge in [0.25, 0.3) is 0 Å². The molecule has 2 fully saturated rings. The molecule has 0 aliphatic carbocycles. The van der Waals surface area contributed by atoms with E-state index in [1.54, 1.807) is 11.3 Å². The number of aryl methyl sites for hydroxylation is 1. The van der Waals surface area contributed by atoms with E-state index in [0.29, 0.717) is 0 Å². The van der Waals surface area contributed by atoms with Crippen LogP contribution < -0.4 is 4.90 Å². The van der Waals surface area contributed by atoms with Gasteiger partial charge in [-0.2, -0.15) is 0 Å². The quantitative estimate of drug-likeness (QED) is 0.838. The molecule has 4 heteroatoms. The number of hydrogen-bond donors (Lipinski definition) is 0. The van der Waals surface area contributed by atoms with Gasteiger partial charge in [-0.05, 0) is 51.1 Å². The van der Waals surface area contributed by atoms with Crippen LogP contribution in [0.1, 0.15) is 17.7 Å². The fourth-order valence-corrected chi connectivity index (χ4v) is 4.04. The molecule has 4 rings (SSSR count). The van der Waals surface area contributed by atoms with E-state index in [2.05, 4.69) is 34.9 Å². The third-order valence-electron chi connectivity index (χ3n) is 4.39. The average Bonchev–Trinajstić information content (AvgIpc) is 2.91. The topological polar surface area (TPSA) is 19.4 Å². The van der Waals surface area contributed by atoms with Crippen molar-refractivity contribution in [3.8, 4) is 0 Å². The molecule has 0 aromatic carbocycles. The fourth-order valence-electron chi connectivity index (χ4n) is 3.16.